The Morgan fingerprint density at radius 1 is 1.42 bits per heavy atom. The largest absolute Gasteiger partial charge is 0.507 e. The van der Waals surface area contributed by atoms with Crippen molar-refractivity contribution in [3.63, 3.8) is 0 Å². The molecule has 0 atom stereocenters. The van der Waals surface area contributed by atoms with E-state index in [1.807, 2.05) is 0 Å². The molecule has 1 aromatic rings. The average molecular weight is 265 g/mol. The van der Waals surface area contributed by atoms with Gasteiger partial charge in [-0.05, 0) is 25.0 Å². The lowest BCUT2D eigenvalue weighted by Crippen LogP contribution is -2.38. The van der Waals surface area contributed by atoms with E-state index in [2.05, 4.69) is 5.32 Å². The summed E-state index contributed by atoms with van der Waals surface area (Å²) in [5, 5.41) is 21.2. The number of ether oxygens (including phenoxy) is 1. The fourth-order valence-electron chi connectivity index (χ4n) is 1.92. The molecule has 1 aromatic carbocycles. The third kappa shape index (κ3) is 2.96. The highest BCUT2D eigenvalue weighted by Gasteiger charge is 2.46. The second-order valence-corrected chi connectivity index (χ2v) is 4.69. The number of hydrogen-bond donors (Lipinski definition) is 3. The van der Waals surface area contributed by atoms with Gasteiger partial charge in [0, 0.05) is 6.07 Å². The van der Waals surface area contributed by atoms with Crippen molar-refractivity contribution in [2.75, 3.05) is 7.11 Å². The summed E-state index contributed by atoms with van der Waals surface area (Å²) in [6.45, 7) is 0. The molecule has 0 aromatic heterocycles. The zero-order valence-corrected chi connectivity index (χ0v) is 10.5. The van der Waals surface area contributed by atoms with E-state index >= 15 is 0 Å². The molecule has 1 aliphatic carbocycles. The van der Waals surface area contributed by atoms with Crippen LogP contribution in [0.2, 0.25) is 0 Å². The standard InChI is InChI=1S/C13H15NO5/c1-19-8-2-3-9(10(15)6-8)12(18)14-13(4-5-13)7-11(16)17/h2-3,6,15H,4-5,7H2,1H3,(H,14,18)(H,16,17). The molecule has 0 unspecified atom stereocenters. The van der Waals surface area contributed by atoms with Crippen molar-refractivity contribution in [2.45, 2.75) is 24.8 Å². The topological polar surface area (TPSA) is 95.9 Å². The molecule has 1 saturated carbocycles. The lowest BCUT2D eigenvalue weighted by Gasteiger charge is -2.15. The van der Waals surface area contributed by atoms with E-state index in [-0.39, 0.29) is 17.7 Å². The van der Waals surface area contributed by atoms with Crippen LogP contribution in [0.15, 0.2) is 18.2 Å². The maximum absolute atomic E-state index is 12.0. The quantitative estimate of drug-likeness (QED) is 0.742. The highest BCUT2D eigenvalue weighted by molar-refractivity contribution is 5.98. The Morgan fingerprint density at radius 2 is 2.11 bits per heavy atom. The Bertz CT molecular complexity index is 522. The minimum atomic E-state index is -0.947. The average Bonchev–Trinajstić information content (AvgIpc) is 3.06. The molecule has 0 heterocycles. The van der Waals surface area contributed by atoms with Gasteiger partial charge in [0.2, 0.25) is 0 Å². The van der Waals surface area contributed by atoms with Gasteiger partial charge in [0.05, 0.1) is 24.6 Å². The van der Waals surface area contributed by atoms with Crippen LogP contribution in [0.1, 0.15) is 29.6 Å². The Labute approximate surface area is 110 Å². The summed E-state index contributed by atoms with van der Waals surface area (Å²) in [5.74, 6) is -1.17. The summed E-state index contributed by atoms with van der Waals surface area (Å²) in [5.41, 5.74) is -0.549. The zero-order chi connectivity index (χ0) is 14.0. The summed E-state index contributed by atoms with van der Waals surface area (Å²) in [6, 6.07) is 4.34. The molecule has 1 amide bonds. The number of aliphatic carboxylic acids is 1. The van der Waals surface area contributed by atoms with Crippen LogP contribution in [0.5, 0.6) is 11.5 Å². The number of phenolic OH excluding ortho intramolecular Hbond substituents is 1. The van der Waals surface area contributed by atoms with Crippen molar-refractivity contribution in [3.05, 3.63) is 23.8 Å². The number of carboxylic acid groups (broad SMARTS) is 1. The van der Waals surface area contributed by atoms with Gasteiger partial charge in [0.1, 0.15) is 11.5 Å². The lowest BCUT2D eigenvalue weighted by molar-refractivity contribution is -0.137. The van der Waals surface area contributed by atoms with E-state index in [1.165, 1.54) is 19.2 Å². The molecule has 19 heavy (non-hydrogen) atoms. The van der Waals surface area contributed by atoms with Crippen molar-refractivity contribution in [3.8, 4) is 11.5 Å². The van der Waals surface area contributed by atoms with Gasteiger partial charge in [-0.1, -0.05) is 0 Å². The number of rotatable bonds is 5. The van der Waals surface area contributed by atoms with Crippen LogP contribution in [0.4, 0.5) is 0 Å². The number of aromatic hydroxyl groups is 1. The third-order valence-electron chi connectivity index (χ3n) is 3.17. The Hall–Kier alpha value is -2.24. The lowest BCUT2D eigenvalue weighted by atomic mass is 10.1. The van der Waals surface area contributed by atoms with Crippen LogP contribution in [0, 0.1) is 0 Å². The third-order valence-corrected chi connectivity index (χ3v) is 3.17. The molecule has 0 saturated heterocycles. The van der Waals surface area contributed by atoms with Crippen molar-refractivity contribution >= 4 is 11.9 Å². The molecule has 6 heteroatoms. The van der Waals surface area contributed by atoms with E-state index in [1.54, 1.807) is 6.07 Å². The normalized spacial score (nSPS) is 15.6. The van der Waals surface area contributed by atoms with Gasteiger partial charge in [0.25, 0.3) is 5.91 Å². The molecule has 2 rings (SSSR count). The second kappa shape index (κ2) is 4.79. The highest BCUT2D eigenvalue weighted by atomic mass is 16.5. The molecule has 0 aliphatic heterocycles. The number of benzene rings is 1. The molecular formula is C13H15NO5. The number of carbonyl (C=O) groups excluding carboxylic acids is 1. The molecule has 1 fully saturated rings. The maximum atomic E-state index is 12.0. The molecule has 0 radical (unpaired) electrons. The first kappa shape index (κ1) is 13.2. The van der Waals surface area contributed by atoms with Gasteiger partial charge < -0.3 is 20.3 Å². The van der Waals surface area contributed by atoms with E-state index in [9.17, 15) is 14.7 Å². The monoisotopic (exact) mass is 265 g/mol. The maximum Gasteiger partial charge on any atom is 0.305 e. The van der Waals surface area contributed by atoms with E-state index in [4.69, 9.17) is 9.84 Å². The van der Waals surface area contributed by atoms with Crippen LogP contribution in [0.25, 0.3) is 0 Å². The fraction of sp³-hybridized carbons (Fsp3) is 0.385. The van der Waals surface area contributed by atoms with Gasteiger partial charge in [-0.2, -0.15) is 0 Å². The van der Waals surface area contributed by atoms with Crippen LogP contribution in [0.3, 0.4) is 0 Å². The zero-order valence-electron chi connectivity index (χ0n) is 10.5. The summed E-state index contributed by atoms with van der Waals surface area (Å²) in [4.78, 5) is 22.7. The fourth-order valence-corrected chi connectivity index (χ4v) is 1.92. The molecular weight excluding hydrogens is 250 g/mol. The number of carbonyl (C=O) groups is 2. The number of nitrogens with one attached hydrogen (secondary N) is 1. The second-order valence-electron chi connectivity index (χ2n) is 4.69. The molecule has 102 valence electrons. The summed E-state index contributed by atoms with van der Waals surface area (Å²) < 4.78 is 4.93. The highest BCUT2D eigenvalue weighted by Crippen LogP contribution is 2.39. The minimum absolute atomic E-state index is 0.102. The minimum Gasteiger partial charge on any atom is -0.507 e. The van der Waals surface area contributed by atoms with Crippen molar-refractivity contribution in [1.29, 1.82) is 0 Å². The predicted molar refractivity (Wildman–Crippen MR) is 66.3 cm³/mol. The van der Waals surface area contributed by atoms with Gasteiger partial charge in [-0.25, -0.2) is 0 Å². The van der Waals surface area contributed by atoms with Gasteiger partial charge >= 0.3 is 5.97 Å². The predicted octanol–water partition coefficient (Wildman–Crippen LogP) is 1.14. The van der Waals surface area contributed by atoms with Crippen LogP contribution < -0.4 is 10.1 Å². The first-order chi connectivity index (χ1) is 8.96. The summed E-state index contributed by atoms with van der Waals surface area (Å²) >= 11 is 0. The summed E-state index contributed by atoms with van der Waals surface area (Å²) in [6.07, 6.45) is 1.18. The van der Waals surface area contributed by atoms with Crippen LogP contribution in [-0.4, -0.2) is 34.7 Å². The van der Waals surface area contributed by atoms with Crippen molar-refractivity contribution in [1.82, 2.24) is 5.32 Å². The molecule has 6 nitrogen and oxygen atoms in total. The van der Waals surface area contributed by atoms with Crippen LogP contribution >= 0.6 is 0 Å². The first-order valence-electron chi connectivity index (χ1n) is 5.87. The van der Waals surface area contributed by atoms with Crippen molar-refractivity contribution < 1.29 is 24.5 Å². The summed E-state index contributed by atoms with van der Waals surface area (Å²) in [7, 11) is 1.46. The number of carboxylic acids is 1. The molecule has 3 N–H and O–H groups in total. The molecule has 0 bridgehead atoms. The van der Waals surface area contributed by atoms with Gasteiger partial charge in [-0.3, -0.25) is 9.59 Å². The number of phenols is 1. The van der Waals surface area contributed by atoms with Crippen LogP contribution in [-0.2, 0) is 4.79 Å². The smallest absolute Gasteiger partial charge is 0.305 e. The molecule has 0 spiro atoms. The Balaban J connectivity index is 2.10. The number of amides is 1. The van der Waals surface area contributed by atoms with E-state index < -0.39 is 17.4 Å². The van der Waals surface area contributed by atoms with E-state index in [0.717, 1.165) is 0 Å². The Morgan fingerprint density at radius 3 is 2.58 bits per heavy atom. The first-order valence-corrected chi connectivity index (χ1v) is 5.87. The Kier molecular flexibility index (Phi) is 3.33. The van der Waals surface area contributed by atoms with Gasteiger partial charge in [0.15, 0.2) is 0 Å². The SMILES string of the molecule is COc1ccc(C(=O)NC2(CC(=O)O)CC2)c(O)c1. The van der Waals surface area contributed by atoms with Gasteiger partial charge in [-0.15, -0.1) is 0 Å². The number of methoxy groups -OCH3 is 1. The van der Waals surface area contributed by atoms with E-state index in [0.29, 0.717) is 18.6 Å². The van der Waals surface area contributed by atoms with Crippen molar-refractivity contribution in [2.24, 2.45) is 0 Å². The molecule has 1 aliphatic rings. The number of hydrogen-bond acceptors (Lipinski definition) is 4.